The molecule has 1 heterocycles. The number of hydrogen-bond donors (Lipinski definition) is 1. The molecular formula is C11H9N5O5. The van der Waals surface area contributed by atoms with E-state index >= 15 is 0 Å². The van der Waals surface area contributed by atoms with E-state index in [4.69, 9.17) is 10.3 Å². The predicted molar refractivity (Wildman–Crippen MR) is 67.0 cm³/mol. The molecule has 1 N–H and O–H groups in total. The Morgan fingerprint density at radius 3 is 2.67 bits per heavy atom. The maximum absolute atomic E-state index is 11.8. The first kappa shape index (κ1) is 14.4. The first-order valence-electron chi connectivity index (χ1n) is 5.74. The molecule has 2 rings (SSSR count). The second kappa shape index (κ2) is 5.57. The van der Waals surface area contributed by atoms with Crippen molar-refractivity contribution in [1.29, 1.82) is 0 Å². The van der Waals surface area contributed by atoms with Gasteiger partial charge in [0.1, 0.15) is 0 Å². The molecule has 10 nitrogen and oxygen atoms in total. The molecule has 2 amide bonds. The SMILES string of the molecule is [N-]=[N+]=NC1C(=O)NC(=O)C1(OCc1ccccc1)[N+](=O)[O-]. The van der Waals surface area contributed by atoms with Crippen molar-refractivity contribution in [3.63, 3.8) is 0 Å². The van der Waals surface area contributed by atoms with Crippen molar-refractivity contribution in [3.05, 3.63) is 56.5 Å². The molecule has 1 aliphatic rings. The Balaban J connectivity index is 2.35. The fourth-order valence-corrected chi connectivity index (χ4v) is 1.90. The van der Waals surface area contributed by atoms with Crippen LogP contribution in [0, 0.1) is 10.1 Å². The lowest BCUT2D eigenvalue weighted by Gasteiger charge is -2.20. The molecule has 1 aromatic carbocycles. The van der Waals surface area contributed by atoms with Gasteiger partial charge >= 0.3 is 11.6 Å². The summed E-state index contributed by atoms with van der Waals surface area (Å²) in [6.07, 6.45) is 0. The lowest BCUT2D eigenvalue weighted by Crippen LogP contribution is -2.54. The van der Waals surface area contributed by atoms with Crippen LogP contribution in [-0.2, 0) is 20.9 Å². The van der Waals surface area contributed by atoms with E-state index in [9.17, 15) is 19.7 Å². The van der Waals surface area contributed by atoms with Crippen LogP contribution in [-0.4, -0.2) is 28.5 Å². The Hall–Kier alpha value is -2.97. The molecule has 2 atom stereocenters. The number of carbonyl (C=O) groups is 2. The minimum Gasteiger partial charge on any atom is -0.302 e. The number of nitrogens with one attached hydrogen (secondary N) is 1. The number of imide groups is 1. The molecule has 0 bridgehead atoms. The summed E-state index contributed by atoms with van der Waals surface area (Å²) in [6.45, 7) is -0.292. The van der Waals surface area contributed by atoms with Crippen LogP contribution in [0.15, 0.2) is 35.4 Å². The van der Waals surface area contributed by atoms with Crippen LogP contribution in [0.2, 0.25) is 0 Å². The van der Waals surface area contributed by atoms with Crippen LogP contribution in [0.25, 0.3) is 10.4 Å². The van der Waals surface area contributed by atoms with Crippen LogP contribution in [0.5, 0.6) is 0 Å². The summed E-state index contributed by atoms with van der Waals surface area (Å²) in [5.41, 5.74) is 6.23. The maximum Gasteiger partial charge on any atom is 0.422 e. The van der Waals surface area contributed by atoms with E-state index in [0.717, 1.165) is 0 Å². The average molecular weight is 291 g/mol. The smallest absolute Gasteiger partial charge is 0.302 e. The van der Waals surface area contributed by atoms with Crippen LogP contribution >= 0.6 is 0 Å². The summed E-state index contributed by atoms with van der Waals surface area (Å²) in [4.78, 5) is 35.9. The predicted octanol–water partition coefficient (Wildman–Crippen LogP) is 0.511. The van der Waals surface area contributed by atoms with Gasteiger partial charge in [-0.15, -0.1) is 0 Å². The molecule has 1 fully saturated rings. The van der Waals surface area contributed by atoms with Crippen molar-refractivity contribution >= 4 is 11.8 Å². The summed E-state index contributed by atoms with van der Waals surface area (Å²) in [5, 5.41) is 16.0. The van der Waals surface area contributed by atoms with Gasteiger partial charge in [-0.2, -0.15) is 0 Å². The first-order valence-corrected chi connectivity index (χ1v) is 5.74. The highest BCUT2D eigenvalue weighted by Crippen LogP contribution is 2.27. The second-order valence-corrected chi connectivity index (χ2v) is 4.15. The Labute approximate surface area is 117 Å². The number of benzene rings is 1. The summed E-state index contributed by atoms with van der Waals surface area (Å²) >= 11 is 0. The average Bonchev–Trinajstić information content (AvgIpc) is 2.70. The third kappa shape index (κ3) is 2.40. The van der Waals surface area contributed by atoms with E-state index in [1.54, 1.807) is 35.6 Å². The van der Waals surface area contributed by atoms with Crippen LogP contribution < -0.4 is 5.32 Å². The van der Waals surface area contributed by atoms with E-state index in [0.29, 0.717) is 5.56 Å². The number of amides is 2. The molecule has 21 heavy (non-hydrogen) atoms. The Morgan fingerprint density at radius 1 is 1.43 bits per heavy atom. The number of ether oxygens (including phenoxy) is 1. The standard InChI is InChI=1S/C11H9N5O5/c12-15-14-8-9(17)13-10(18)11(8,16(19)20)21-6-7-4-2-1-3-5-7/h1-5,8H,6H2,(H,13,17,18). The molecule has 0 saturated carbocycles. The number of azide groups is 1. The van der Waals surface area contributed by atoms with E-state index in [-0.39, 0.29) is 6.61 Å². The highest BCUT2D eigenvalue weighted by Gasteiger charge is 2.68. The fraction of sp³-hybridized carbons (Fsp3) is 0.273. The molecule has 2 unspecified atom stereocenters. The Morgan fingerprint density at radius 2 is 2.10 bits per heavy atom. The highest BCUT2D eigenvalue weighted by atomic mass is 16.7. The Kier molecular flexibility index (Phi) is 3.83. The van der Waals surface area contributed by atoms with E-state index in [1.165, 1.54) is 0 Å². The number of nitrogens with zero attached hydrogens (tertiary/aromatic N) is 4. The molecule has 1 aromatic rings. The van der Waals surface area contributed by atoms with Crippen molar-refractivity contribution in [2.45, 2.75) is 18.4 Å². The Bertz CT molecular complexity index is 642. The molecular weight excluding hydrogens is 282 g/mol. The van der Waals surface area contributed by atoms with Crippen molar-refractivity contribution in [2.24, 2.45) is 5.11 Å². The molecule has 0 aromatic heterocycles. The number of carbonyl (C=O) groups excluding carboxylic acids is 2. The van der Waals surface area contributed by atoms with Gasteiger partial charge in [-0.25, -0.2) is 0 Å². The van der Waals surface area contributed by atoms with E-state index < -0.39 is 28.5 Å². The van der Waals surface area contributed by atoms with Crippen molar-refractivity contribution in [2.75, 3.05) is 0 Å². The third-order valence-electron chi connectivity index (χ3n) is 2.92. The van der Waals surface area contributed by atoms with Crippen LogP contribution in [0.4, 0.5) is 0 Å². The zero-order chi connectivity index (χ0) is 15.5. The van der Waals surface area contributed by atoms with Gasteiger partial charge in [0.15, 0.2) is 0 Å². The summed E-state index contributed by atoms with van der Waals surface area (Å²) in [7, 11) is 0. The lowest BCUT2D eigenvalue weighted by molar-refractivity contribution is -0.610. The first-order chi connectivity index (χ1) is 10.0. The molecule has 1 saturated heterocycles. The summed E-state index contributed by atoms with van der Waals surface area (Å²) in [5.74, 6) is -2.33. The van der Waals surface area contributed by atoms with Gasteiger partial charge in [0.05, 0.1) is 11.5 Å². The maximum atomic E-state index is 11.8. The lowest BCUT2D eigenvalue weighted by atomic mass is 10.1. The molecule has 1 aliphatic heterocycles. The van der Waals surface area contributed by atoms with Gasteiger partial charge < -0.3 is 4.74 Å². The van der Waals surface area contributed by atoms with Gasteiger partial charge in [0, 0.05) is 4.91 Å². The van der Waals surface area contributed by atoms with Gasteiger partial charge in [-0.3, -0.25) is 25.0 Å². The van der Waals surface area contributed by atoms with E-state index in [2.05, 4.69) is 10.0 Å². The van der Waals surface area contributed by atoms with Crippen molar-refractivity contribution in [1.82, 2.24) is 5.32 Å². The van der Waals surface area contributed by atoms with Crippen LogP contribution in [0.1, 0.15) is 5.56 Å². The number of rotatable bonds is 5. The zero-order valence-corrected chi connectivity index (χ0v) is 10.5. The normalized spacial score (nSPS) is 24.3. The monoisotopic (exact) mass is 291 g/mol. The largest absolute Gasteiger partial charge is 0.422 e. The third-order valence-corrected chi connectivity index (χ3v) is 2.92. The van der Waals surface area contributed by atoms with Gasteiger partial charge in [-0.1, -0.05) is 35.4 Å². The summed E-state index contributed by atoms with van der Waals surface area (Å²) in [6, 6.07) is 6.47. The minimum atomic E-state index is -2.75. The zero-order valence-electron chi connectivity index (χ0n) is 10.5. The summed E-state index contributed by atoms with van der Waals surface area (Å²) < 4.78 is 5.09. The quantitative estimate of drug-likeness (QED) is 0.160. The molecule has 0 aliphatic carbocycles. The molecule has 0 spiro atoms. The highest BCUT2D eigenvalue weighted by molar-refractivity contribution is 6.10. The minimum absolute atomic E-state index is 0.292. The topological polar surface area (TPSA) is 147 Å². The second-order valence-electron chi connectivity index (χ2n) is 4.15. The van der Waals surface area contributed by atoms with Crippen LogP contribution in [0.3, 0.4) is 0 Å². The number of hydrogen-bond acceptors (Lipinski definition) is 6. The molecule has 108 valence electrons. The number of nitro groups is 1. The van der Waals surface area contributed by atoms with Gasteiger partial charge in [0.2, 0.25) is 11.9 Å². The van der Waals surface area contributed by atoms with Gasteiger partial charge in [0.25, 0.3) is 0 Å². The molecule has 0 radical (unpaired) electrons. The van der Waals surface area contributed by atoms with Crippen molar-refractivity contribution < 1.29 is 19.2 Å². The fourth-order valence-electron chi connectivity index (χ4n) is 1.90. The van der Waals surface area contributed by atoms with E-state index in [1.807, 2.05) is 0 Å². The van der Waals surface area contributed by atoms with Crippen molar-refractivity contribution in [3.8, 4) is 0 Å². The van der Waals surface area contributed by atoms with Gasteiger partial charge in [-0.05, 0) is 11.1 Å². The molecule has 10 heteroatoms.